The lowest BCUT2D eigenvalue weighted by Crippen LogP contribution is -2.34. The van der Waals surface area contributed by atoms with Crippen LogP contribution >= 0.6 is 0 Å². The lowest BCUT2D eigenvalue weighted by molar-refractivity contribution is -0.137. The summed E-state index contributed by atoms with van der Waals surface area (Å²) < 4.78 is 0. The molecule has 0 saturated carbocycles. The number of aryl methyl sites for hydroxylation is 1. The van der Waals surface area contributed by atoms with Crippen molar-refractivity contribution >= 4 is 11.9 Å². The predicted molar refractivity (Wildman–Crippen MR) is 62.6 cm³/mol. The number of aliphatic carboxylic acids is 1. The summed E-state index contributed by atoms with van der Waals surface area (Å²) >= 11 is 0. The summed E-state index contributed by atoms with van der Waals surface area (Å²) in [5, 5.41) is 27.8. The van der Waals surface area contributed by atoms with Crippen molar-refractivity contribution in [2.75, 3.05) is 0 Å². The van der Waals surface area contributed by atoms with Gasteiger partial charge in [0.1, 0.15) is 6.10 Å². The Bertz CT molecular complexity index is 446. The average Bonchev–Trinajstić information content (AvgIpc) is 2.34. The molecule has 6 heteroatoms. The first kappa shape index (κ1) is 14.1. The second-order valence-electron chi connectivity index (χ2n) is 3.88. The van der Waals surface area contributed by atoms with E-state index in [1.807, 2.05) is 0 Å². The van der Waals surface area contributed by atoms with E-state index in [4.69, 9.17) is 10.8 Å². The Morgan fingerprint density at radius 2 is 1.83 bits per heavy atom. The lowest BCUT2D eigenvalue weighted by Gasteiger charge is -2.18. The minimum atomic E-state index is -1.71. The molecule has 18 heavy (non-hydrogen) atoms. The summed E-state index contributed by atoms with van der Waals surface area (Å²) in [6.07, 6.45) is -3.06. The summed E-state index contributed by atoms with van der Waals surface area (Å²) in [6.45, 7) is 0. The first-order valence-corrected chi connectivity index (χ1v) is 5.38. The van der Waals surface area contributed by atoms with Crippen molar-refractivity contribution in [1.29, 1.82) is 0 Å². The maximum atomic E-state index is 10.8. The number of aliphatic hydroxyl groups is 2. The Morgan fingerprint density at radius 3 is 2.39 bits per heavy atom. The highest BCUT2D eigenvalue weighted by Gasteiger charge is 2.25. The van der Waals surface area contributed by atoms with Crippen molar-refractivity contribution in [3.8, 4) is 0 Å². The number of benzene rings is 1. The first-order valence-electron chi connectivity index (χ1n) is 5.38. The first-order chi connectivity index (χ1) is 8.43. The quantitative estimate of drug-likeness (QED) is 0.549. The van der Waals surface area contributed by atoms with Crippen molar-refractivity contribution < 1.29 is 24.9 Å². The Balaban J connectivity index is 2.93. The average molecular weight is 253 g/mol. The van der Waals surface area contributed by atoms with Crippen LogP contribution in [0.4, 0.5) is 0 Å². The van der Waals surface area contributed by atoms with Gasteiger partial charge in [-0.3, -0.25) is 9.59 Å². The Labute approximate surface area is 104 Å². The molecule has 2 unspecified atom stereocenters. The maximum Gasteiger partial charge on any atom is 0.303 e. The van der Waals surface area contributed by atoms with Gasteiger partial charge >= 0.3 is 5.97 Å². The van der Waals surface area contributed by atoms with Crippen LogP contribution in [0.5, 0.6) is 0 Å². The summed E-state index contributed by atoms with van der Waals surface area (Å²) in [7, 11) is 0. The number of hydrogen-bond donors (Lipinski definition) is 4. The second kappa shape index (κ2) is 6.13. The Morgan fingerprint density at radius 1 is 1.22 bits per heavy atom. The van der Waals surface area contributed by atoms with Gasteiger partial charge < -0.3 is 21.1 Å². The largest absolute Gasteiger partial charge is 0.481 e. The van der Waals surface area contributed by atoms with Crippen molar-refractivity contribution in [3.05, 3.63) is 35.4 Å². The lowest BCUT2D eigenvalue weighted by atomic mass is 9.95. The number of rotatable bonds is 6. The molecule has 0 spiro atoms. The van der Waals surface area contributed by atoms with Gasteiger partial charge in [0.15, 0.2) is 6.10 Å². The zero-order chi connectivity index (χ0) is 13.7. The van der Waals surface area contributed by atoms with E-state index in [1.165, 1.54) is 6.07 Å². The number of amides is 1. The topological polar surface area (TPSA) is 121 Å². The van der Waals surface area contributed by atoms with Crippen LogP contribution < -0.4 is 5.73 Å². The van der Waals surface area contributed by atoms with Crippen molar-refractivity contribution in [3.63, 3.8) is 0 Å². The highest BCUT2D eigenvalue weighted by Crippen LogP contribution is 2.22. The summed E-state index contributed by atoms with van der Waals surface area (Å²) in [5.41, 5.74) is 5.78. The van der Waals surface area contributed by atoms with E-state index in [-0.39, 0.29) is 12.8 Å². The van der Waals surface area contributed by atoms with Gasteiger partial charge in [0.25, 0.3) is 0 Å². The highest BCUT2D eigenvalue weighted by molar-refractivity contribution is 5.79. The van der Waals surface area contributed by atoms with Gasteiger partial charge in [-0.1, -0.05) is 24.3 Å². The Hall–Kier alpha value is -1.92. The van der Waals surface area contributed by atoms with Crippen molar-refractivity contribution in [2.45, 2.75) is 25.0 Å². The molecule has 0 bridgehead atoms. The van der Waals surface area contributed by atoms with Crippen LogP contribution in [0.3, 0.4) is 0 Å². The van der Waals surface area contributed by atoms with Gasteiger partial charge in [-0.2, -0.15) is 0 Å². The standard InChI is InChI=1S/C12H15NO5/c13-12(18)11(17)10(16)8-4-2-1-3-7(8)5-6-9(14)15/h1-4,10-11,16-17H,5-6H2,(H2,13,18)(H,14,15). The molecular formula is C12H15NO5. The number of carboxylic acids is 1. The third kappa shape index (κ3) is 3.54. The zero-order valence-electron chi connectivity index (χ0n) is 9.61. The molecule has 98 valence electrons. The summed E-state index contributed by atoms with van der Waals surface area (Å²) in [6, 6.07) is 6.46. The monoisotopic (exact) mass is 253 g/mol. The molecule has 2 atom stereocenters. The van der Waals surface area contributed by atoms with Gasteiger partial charge in [-0.15, -0.1) is 0 Å². The summed E-state index contributed by atoms with van der Waals surface area (Å²) in [5.74, 6) is -2.00. The predicted octanol–water partition coefficient (Wildman–Crippen LogP) is -0.417. The molecular weight excluding hydrogens is 238 g/mol. The molecule has 1 aromatic carbocycles. The molecule has 0 aliphatic heterocycles. The van der Waals surface area contributed by atoms with E-state index in [0.717, 1.165) is 0 Å². The van der Waals surface area contributed by atoms with Gasteiger partial charge in [0.2, 0.25) is 5.91 Å². The number of hydrogen-bond acceptors (Lipinski definition) is 4. The second-order valence-corrected chi connectivity index (χ2v) is 3.88. The van der Waals surface area contributed by atoms with Crippen LogP contribution in [0.2, 0.25) is 0 Å². The van der Waals surface area contributed by atoms with Gasteiger partial charge in [0.05, 0.1) is 0 Å². The molecule has 1 rings (SSSR count). The van der Waals surface area contributed by atoms with Crippen LogP contribution in [-0.2, 0) is 16.0 Å². The van der Waals surface area contributed by atoms with E-state index >= 15 is 0 Å². The minimum Gasteiger partial charge on any atom is -0.481 e. The van der Waals surface area contributed by atoms with Crippen LogP contribution in [0.25, 0.3) is 0 Å². The van der Waals surface area contributed by atoms with E-state index in [1.54, 1.807) is 18.2 Å². The molecule has 0 aliphatic carbocycles. The minimum absolute atomic E-state index is 0.101. The van der Waals surface area contributed by atoms with Gasteiger partial charge in [-0.05, 0) is 17.5 Å². The smallest absolute Gasteiger partial charge is 0.303 e. The molecule has 0 aliphatic rings. The summed E-state index contributed by atoms with van der Waals surface area (Å²) in [4.78, 5) is 21.3. The normalized spacial score (nSPS) is 13.9. The Kier molecular flexibility index (Phi) is 4.82. The van der Waals surface area contributed by atoms with Gasteiger partial charge in [0, 0.05) is 6.42 Å². The molecule has 6 nitrogen and oxygen atoms in total. The molecule has 5 N–H and O–H groups in total. The third-order valence-electron chi connectivity index (χ3n) is 2.57. The molecule has 1 aromatic rings. The van der Waals surface area contributed by atoms with E-state index in [0.29, 0.717) is 11.1 Å². The SMILES string of the molecule is NC(=O)C(O)C(O)c1ccccc1CCC(=O)O. The van der Waals surface area contributed by atoms with Crippen LogP contribution in [0.15, 0.2) is 24.3 Å². The number of carbonyl (C=O) groups excluding carboxylic acids is 1. The fraction of sp³-hybridized carbons (Fsp3) is 0.333. The van der Waals surface area contributed by atoms with Crippen LogP contribution in [0, 0.1) is 0 Å². The fourth-order valence-electron chi connectivity index (χ4n) is 1.62. The maximum absolute atomic E-state index is 10.8. The number of nitrogens with two attached hydrogens (primary N) is 1. The van der Waals surface area contributed by atoms with Gasteiger partial charge in [-0.25, -0.2) is 0 Å². The van der Waals surface area contributed by atoms with Crippen molar-refractivity contribution in [2.24, 2.45) is 5.73 Å². The van der Waals surface area contributed by atoms with E-state index in [2.05, 4.69) is 0 Å². The number of aliphatic hydroxyl groups excluding tert-OH is 2. The molecule has 1 amide bonds. The molecule has 0 radical (unpaired) electrons. The van der Waals surface area contributed by atoms with Crippen molar-refractivity contribution in [1.82, 2.24) is 0 Å². The van der Waals surface area contributed by atoms with E-state index in [9.17, 15) is 19.8 Å². The molecule has 0 heterocycles. The molecule has 0 saturated heterocycles. The van der Waals surface area contributed by atoms with Crippen LogP contribution in [0.1, 0.15) is 23.7 Å². The van der Waals surface area contributed by atoms with Crippen LogP contribution in [-0.4, -0.2) is 33.3 Å². The fourth-order valence-corrected chi connectivity index (χ4v) is 1.62. The third-order valence-corrected chi connectivity index (χ3v) is 2.57. The number of carbonyl (C=O) groups is 2. The van der Waals surface area contributed by atoms with E-state index < -0.39 is 24.1 Å². The number of carboxylic acid groups (broad SMARTS) is 1. The number of primary amides is 1. The highest BCUT2D eigenvalue weighted by atomic mass is 16.4. The molecule has 0 aromatic heterocycles. The zero-order valence-corrected chi connectivity index (χ0v) is 9.61. The molecule has 0 fully saturated rings.